The first kappa shape index (κ1) is 20.3. The van der Waals surface area contributed by atoms with Crippen LogP contribution in [0.15, 0.2) is 12.3 Å². The Balaban J connectivity index is 2.00. The summed E-state index contributed by atoms with van der Waals surface area (Å²) in [5.74, 6) is -0.593. The van der Waals surface area contributed by atoms with Gasteiger partial charge in [-0.3, -0.25) is 9.72 Å². The van der Waals surface area contributed by atoms with Crippen molar-refractivity contribution in [2.45, 2.75) is 76.7 Å². The highest BCUT2D eigenvalue weighted by Crippen LogP contribution is 2.41. The van der Waals surface area contributed by atoms with E-state index in [-0.39, 0.29) is 30.4 Å². The van der Waals surface area contributed by atoms with Crippen LogP contribution < -0.4 is 0 Å². The van der Waals surface area contributed by atoms with Crippen LogP contribution in [0.1, 0.15) is 50.8 Å². The molecule has 3 nitrogen and oxygen atoms in total. The third-order valence-corrected chi connectivity index (χ3v) is 9.64. The second-order valence-corrected chi connectivity index (χ2v) is 12.9. The molecule has 142 valence electrons. The van der Waals surface area contributed by atoms with E-state index in [2.05, 4.69) is 43.6 Å². The summed E-state index contributed by atoms with van der Waals surface area (Å²) in [6, 6.07) is 1.61. The lowest BCUT2D eigenvalue weighted by atomic mass is 9.79. The summed E-state index contributed by atoms with van der Waals surface area (Å²) in [5, 5.41) is 0.00939. The Morgan fingerprint density at radius 3 is 2.32 bits per heavy atom. The molecule has 0 amide bonds. The molecule has 0 unspecified atom stereocenters. The van der Waals surface area contributed by atoms with E-state index in [9.17, 15) is 17.6 Å². The monoisotopic (exact) mass is 379 g/mol. The van der Waals surface area contributed by atoms with Gasteiger partial charge in [0.05, 0.1) is 18.9 Å². The van der Waals surface area contributed by atoms with E-state index in [1.807, 2.05) is 0 Å². The zero-order valence-electron chi connectivity index (χ0n) is 15.2. The molecule has 0 radical (unpaired) electrons. The molecule has 1 aromatic rings. The fourth-order valence-corrected chi connectivity index (χ4v) is 3.35. The molecule has 0 spiro atoms. The first-order valence-corrected chi connectivity index (χ1v) is 11.2. The number of nitrogens with zero attached hydrogens (tertiary/aromatic N) is 1. The Bertz CT molecular complexity index is 608. The average molecular weight is 379 g/mol. The van der Waals surface area contributed by atoms with Crippen LogP contribution in [0.2, 0.25) is 18.1 Å². The number of alkyl halides is 3. The third kappa shape index (κ3) is 5.24. The van der Waals surface area contributed by atoms with Crippen LogP contribution in [-0.4, -0.2) is 25.8 Å². The Hall–Kier alpha value is -0.993. The minimum Gasteiger partial charge on any atom is -0.412 e. The predicted molar refractivity (Wildman–Crippen MR) is 89.1 cm³/mol. The summed E-state index contributed by atoms with van der Waals surface area (Å²) in [6.45, 7) is 10.6. The van der Waals surface area contributed by atoms with Crippen molar-refractivity contribution in [3.8, 4) is 0 Å². The molecule has 8 heteroatoms. The fourth-order valence-electron chi connectivity index (χ4n) is 2.40. The third-order valence-electron chi connectivity index (χ3n) is 5.16. The molecule has 0 aliphatic heterocycles. The zero-order valence-corrected chi connectivity index (χ0v) is 16.2. The molecule has 2 rings (SSSR count). The van der Waals surface area contributed by atoms with Gasteiger partial charge in [0.2, 0.25) is 0 Å². The van der Waals surface area contributed by atoms with Crippen LogP contribution in [0.4, 0.5) is 17.6 Å². The highest BCUT2D eigenvalue weighted by Gasteiger charge is 2.41. The van der Waals surface area contributed by atoms with E-state index in [1.54, 1.807) is 6.07 Å². The van der Waals surface area contributed by atoms with Gasteiger partial charge in [0.1, 0.15) is 5.82 Å². The summed E-state index contributed by atoms with van der Waals surface area (Å²) >= 11 is 0. The fraction of sp³-hybridized carbons (Fsp3) is 0.706. The number of rotatable bonds is 5. The Morgan fingerprint density at radius 1 is 1.20 bits per heavy atom. The molecule has 0 aromatic carbocycles. The highest BCUT2D eigenvalue weighted by molar-refractivity contribution is 6.74. The summed E-state index contributed by atoms with van der Waals surface area (Å²) in [4.78, 5) is 4.03. The minimum atomic E-state index is -4.62. The van der Waals surface area contributed by atoms with Crippen molar-refractivity contribution in [1.29, 1.82) is 0 Å². The second-order valence-electron chi connectivity index (χ2n) is 8.10. The SMILES string of the molecule is CC(C)(C)[Si](C)(C)OCc1cc(C2CC(OC(F)(F)F)C2)ncc1F. The largest absolute Gasteiger partial charge is 0.522 e. The van der Waals surface area contributed by atoms with E-state index in [1.165, 1.54) is 0 Å². The smallest absolute Gasteiger partial charge is 0.412 e. The zero-order chi connectivity index (χ0) is 19.0. The van der Waals surface area contributed by atoms with Crippen LogP contribution in [0, 0.1) is 5.82 Å². The standard InChI is InChI=1S/C17H25F4NO2Si/c1-16(2,3)25(4,5)23-10-12-8-15(22-9-14(12)18)11-6-13(7-11)24-17(19,20)21/h8-9,11,13H,6-7,10H2,1-5H3. The number of halogens is 4. The molecule has 25 heavy (non-hydrogen) atoms. The van der Waals surface area contributed by atoms with E-state index < -0.39 is 26.6 Å². The Labute approximate surface area is 146 Å². The summed E-state index contributed by atoms with van der Waals surface area (Å²) in [7, 11) is -2.02. The lowest BCUT2D eigenvalue weighted by Crippen LogP contribution is -2.40. The van der Waals surface area contributed by atoms with Crippen LogP contribution >= 0.6 is 0 Å². The topological polar surface area (TPSA) is 31.4 Å². The van der Waals surface area contributed by atoms with Gasteiger partial charge in [-0.1, -0.05) is 20.8 Å². The predicted octanol–water partition coefficient (Wildman–Crippen LogP) is 5.52. The molecule has 0 bridgehead atoms. The minimum absolute atomic E-state index is 0.00939. The van der Waals surface area contributed by atoms with E-state index in [0.29, 0.717) is 11.3 Å². The Kier molecular flexibility index (Phi) is 5.66. The van der Waals surface area contributed by atoms with E-state index in [4.69, 9.17) is 4.43 Å². The molecule has 1 saturated carbocycles. The van der Waals surface area contributed by atoms with E-state index >= 15 is 0 Å². The maximum absolute atomic E-state index is 14.0. The van der Waals surface area contributed by atoms with Gasteiger partial charge < -0.3 is 4.43 Å². The number of hydrogen-bond donors (Lipinski definition) is 0. The van der Waals surface area contributed by atoms with Crippen LogP contribution in [0.25, 0.3) is 0 Å². The maximum atomic E-state index is 14.0. The van der Waals surface area contributed by atoms with Crippen molar-refractivity contribution in [3.63, 3.8) is 0 Å². The van der Waals surface area contributed by atoms with Gasteiger partial charge in [0.25, 0.3) is 0 Å². The highest BCUT2D eigenvalue weighted by atomic mass is 28.4. The molecule has 1 heterocycles. The van der Waals surface area contributed by atoms with Crippen molar-refractivity contribution in [3.05, 3.63) is 29.3 Å². The molecule has 0 saturated heterocycles. The number of hydrogen-bond acceptors (Lipinski definition) is 3. The van der Waals surface area contributed by atoms with Crippen LogP contribution in [0.5, 0.6) is 0 Å². The lowest BCUT2D eigenvalue weighted by Gasteiger charge is -2.36. The van der Waals surface area contributed by atoms with Gasteiger partial charge >= 0.3 is 6.36 Å². The average Bonchev–Trinajstić information content (AvgIpc) is 2.39. The van der Waals surface area contributed by atoms with Crippen molar-refractivity contribution in [2.24, 2.45) is 0 Å². The van der Waals surface area contributed by atoms with Gasteiger partial charge in [-0.2, -0.15) is 0 Å². The van der Waals surface area contributed by atoms with E-state index in [0.717, 1.165) is 6.20 Å². The molecule has 0 atom stereocenters. The van der Waals surface area contributed by atoms with Gasteiger partial charge in [-0.25, -0.2) is 4.39 Å². The van der Waals surface area contributed by atoms with Crippen molar-refractivity contribution in [1.82, 2.24) is 4.98 Å². The van der Waals surface area contributed by atoms with Crippen LogP contribution in [-0.2, 0) is 15.8 Å². The Morgan fingerprint density at radius 2 is 1.80 bits per heavy atom. The summed E-state index contributed by atoms with van der Waals surface area (Å²) < 4.78 is 60.6. The second kappa shape index (κ2) is 6.96. The first-order chi connectivity index (χ1) is 11.3. The number of pyridine rings is 1. The van der Waals surface area contributed by atoms with Crippen LogP contribution in [0.3, 0.4) is 0 Å². The number of aromatic nitrogens is 1. The summed E-state index contributed by atoms with van der Waals surface area (Å²) in [5.41, 5.74) is 0.993. The molecule has 1 fully saturated rings. The van der Waals surface area contributed by atoms with Gasteiger partial charge in [-0.05, 0) is 37.0 Å². The molecular formula is C17H25F4NO2Si. The van der Waals surface area contributed by atoms with Gasteiger partial charge in [-0.15, -0.1) is 13.2 Å². The molecule has 0 N–H and O–H groups in total. The molecule has 1 aliphatic carbocycles. The summed E-state index contributed by atoms with van der Waals surface area (Å²) in [6.07, 6.45) is -3.86. The quantitative estimate of drug-likeness (QED) is 0.498. The first-order valence-electron chi connectivity index (χ1n) is 8.31. The van der Waals surface area contributed by atoms with Crippen molar-refractivity contribution in [2.75, 3.05) is 0 Å². The normalized spacial score (nSPS) is 22.0. The maximum Gasteiger partial charge on any atom is 0.522 e. The lowest BCUT2D eigenvalue weighted by molar-refractivity contribution is -0.351. The molecule has 1 aromatic heterocycles. The van der Waals surface area contributed by atoms with Gasteiger partial charge in [0.15, 0.2) is 8.32 Å². The van der Waals surface area contributed by atoms with Gasteiger partial charge in [0, 0.05) is 17.2 Å². The molecular weight excluding hydrogens is 354 g/mol. The number of ether oxygens (including phenoxy) is 1. The van der Waals surface area contributed by atoms with Crippen molar-refractivity contribution < 1.29 is 26.7 Å². The van der Waals surface area contributed by atoms with Crippen molar-refractivity contribution >= 4 is 8.32 Å². The molecule has 1 aliphatic rings.